The van der Waals surface area contributed by atoms with Crippen molar-refractivity contribution in [2.24, 2.45) is 0 Å². The van der Waals surface area contributed by atoms with E-state index in [1.54, 1.807) is 29.6 Å². The standard InChI is InChI=1S/C16H14N2OS3/c1-9(19)17-15-14(10-6-7-20-8-13(10)22-15)16-18-11-4-2-3-5-12(11)21-16/h2-5H,6-8H2,1H3,(H,17,19). The number of para-hydroxylation sites is 1. The first-order valence-electron chi connectivity index (χ1n) is 7.08. The van der Waals surface area contributed by atoms with Crippen molar-refractivity contribution in [3.63, 3.8) is 0 Å². The highest BCUT2D eigenvalue weighted by molar-refractivity contribution is 7.98. The van der Waals surface area contributed by atoms with Gasteiger partial charge >= 0.3 is 0 Å². The summed E-state index contributed by atoms with van der Waals surface area (Å²) < 4.78 is 1.19. The molecule has 1 aliphatic rings. The quantitative estimate of drug-likeness (QED) is 0.726. The summed E-state index contributed by atoms with van der Waals surface area (Å²) in [6, 6.07) is 8.20. The van der Waals surface area contributed by atoms with E-state index < -0.39 is 0 Å². The second-order valence-corrected chi connectivity index (χ2v) is 8.42. The highest BCUT2D eigenvalue weighted by atomic mass is 32.2. The Hall–Kier alpha value is -1.37. The molecule has 22 heavy (non-hydrogen) atoms. The zero-order valence-corrected chi connectivity index (χ0v) is 14.5. The van der Waals surface area contributed by atoms with Crippen molar-refractivity contribution < 1.29 is 4.79 Å². The van der Waals surface area contributed by atoms with E-state index in [-0.39, 0.29) is 5.91 Å². The first-order valence-corrected chi connectivity index (χ1v) is 9.87. The van der Waals surface area contributed by atoms with Gasteiger partial charge in [0.15, 0.2) is 0 Å². The van der Waals surface area contributed by atoms with Gasteiger partial charge in [-0.05, 0) is 29.9 Å². The number of hydrogen-bond donors (Lipinski definition) is 1. The van der Waals surface area contributed by atoms with Crippen molar-refractivity contribution in [2.75, 3.05) is 11.1 Å². The molecule has 0 saturated heterocycles. The molecule has 0 radical (unpaired) electrons. The minimum Gasteiger partial charge on any atom is -0.317 e. The number of nitrogens with one attached hydrogen (secondary N) is 1. The monoisotopic (exact) mass is 346 g/mol. The van der Waals surface area contributed by atoms with Gasteiger partial charge in [0.25, 0.3) is 0 Å². The molecule has 2 aromatic heterocycles. The first-order chi connectivity index (χ1) is 10.7. The van der Waals surface area contributed by atoms with Gasteiger partial charge < -0.3 is 5.32 Å². The molecule has 1 N–H and O–H groups in total. The van der Waals surface area contributed by atoms with Crippen LogP contribution in [0.1, 0.15) is 17.4 Å². The number of amides is 1. The van der Waals surface area contributed by atoms with E-state index in [0.717, 1.165) is 39.0 Å². The van der Waals surface area contributed by atoms with Crippen molar-refractivity contribution in [3.8, 4) is 10.6 Å². The molecule has 1 aliphatic heterocycles. The van der Waals surface area contributed by atoms with Crippen LogP contribution in [-0.2, 0) is 17.0 Å². The fourth-order valence-corrected chi connectivity index (χ4v) is 6.22. The third-order valence-corrected chi connectivity index (χ3v) is 6.99. The highest BCUT2D eigenvalue weighted by Gasteiger charge is 2.24. The molecule has 0 fully saturated rings. The van der Waals surface area contributed by atoms with Gasteiger partial charge in [-0.2, -0.15) is 11.8 Å². The van der Waals surface area contributed by atoms with Crippen molar-refractivity contribution >= 4 is 55.6 Å². The van der Waals surface area contributed by atoms with Crippen LogP contribution in [0.5, 0.6) is 0 Å². The van der Waals surface area contributed by atoms with E-state index in [2.05, 4.69) is 11.4 Å². The normalized spacial score (nSPS) is 14.0. The SMILES string of the molecule is CC(=O)Nc1sc2c(c1-c1nc3ccccc3s1)CCSC2. The van der Waals surface area contributed by atoms with Gasteiger partial charge in [0, 0.05) is 23.1 Å². The molecule has 0 bridgehead atoms. The molecule has 3 nitrogen and oxygen atoms in total. The highest BCUT2D eigenvalue weighted by Crippen LogP contribution is 2.46. The summed E-state index contributed by atoms with van der Waals surface area (Å²) in [5.41, 5.74) is 3.56. The number of thioether (sulfide) groups is 1. The number of thiophene rings is 1. The second kappa shape index (κ2) is 5.68. The van der Waals surface area contributed by atoms with Crippen molar-refractivity contribution in [1.29, 1.82) is 0 Å². The molecule has 6 heteroatoms. The molecule has 4 rings (SSSR count). The lowest BCUT2D eigenvalue weighted by Gasteiger charge is -2.11. The van der Waals surface area contributed by atoms with E-state index >= 15 is 0 Å². The maximum absolute atomic E-state index is 11.6. The zero-order chi connectivity index (χ0) is 15.1. The predicted octanol–water partition coefficient (Wildman–Crippen LogP) is 4.77. The number of fused-ring (bicyclic) bond motifs is 2. The fraction of sp³-hybridized carbons (Fsp3) is 0.250. The van der Waals surface area contributed by atoms with Crippen LogP contribution < -0.4 is 5.32 Å². The minimum absolute atomic E-state index is 0.0198. The predicted molar refractivity (Wildman–Crippen MR) is 97.1 cm³/mol. The van der Waals surface area contributed by atoms with Crippen LogP contribution in [0.2, 0.25) is 0 Å². The summed E-state index contributed by atoms with van der Waals surface area (Å²) in [5.74, 6) is 2.16. The second-order valence-electron chi connectivity index (χ2n) is 5.18. The lowest BCUT2D eigenvalue weighted by molar-refractivity contribution is -0.114. The fourth-order valence-electron chi connectivity index (χ4n) is 2.69. The molecule has 0 unspecified atom stereocenters. The van der Waals surface area contributed by atoms with Crippen LogP contribution >= 0.6 is 34.4 Å². The molecule has 1 amide bonds. The molecule has 3 aromatic rings. The molecule has 0 aliphatic carbocycles. The van der Waals surface area contributed by atoms with Gasteiger partial charge in [-0.3, -0.25) is 4.79 Å². The Balaban J connectivity index is 1.91. The van der Waals surface area contributed by atoms with Gasteiger partial charge in [0.2, 0.25) is 5.91 Å². The lowest BCUT2D eigenvalue weighted by Crippen LogP contribution is -2.05. The topological polar surface area (TPSA) is 42.0 Å². The van der Waals surface area contributed by atoms with Crippen molar-refractivity contribution in [3.05, 3.63) is 34.7 Å². The van der Waals surface area contributed by atoms with E-state index in [1.807, 2.05) is 30.0 Å². The van der Waals surface area contributed by atoms with Crippen LogP contribution in [0.3, 0.4) is 0 Å². The van der Waals surface area contributed by atoms with Gasteiger partial charge in [-0.25, -0.2) is 4.98 Å². The van der Waals surface area contributed by atoms with Crippen LogP contribution in [0, 0.1) is 0 Å². The zero-order valence-electron chi connectivity index (χ0n) is 12.0. The van der Waals surface area contributed by atoms with Crippen LogP contribution in [-0.4, -0.2) is 16.6 Å². The Bertz CT molecular complexity index is 833. The molecule has 0 spiro atoms. The number of aromatic nitrogens is 1. The molecule has 1 aromatic carbocycles. The van der Waals surface area contributed by atoms with Crippen LogP contribution in [0.25, 0.3) is 20.8 Å². The van der Waals surface area contributed by atoms with Gasteiger partial charge in [0.05, 0.1) is 10.2 Å². The number of thiazole rings is 1. The summed E-state index contributed by atoms with van der Waals surface area (Å²) in [6.45, 7) is 1.57. The van der Waals surface area contributed by atoms with Gasteiger partial charge in [-0.15, -0.1) is 22.7 Å². The summed E-state index contributed by atoms with van der Waals surface area (Å²) in [4.78, 5) is 17.7. The molecular formula is C16H14N2OS3. The summed E-state index contributed by atoms with van der Waals surface area (Å²) >= 11 is 5.37. The largest absolute Gasteiger partial charge is 0.317 e. The Kier molecular flexibility index (Phi) is 3.68. The smallest absolute Gasteiger partial charge is 0.221 e. The third-order valence-electron chi connectivity index (χ3n) is 3.62. The molecule has 112 valence electrons. The maximum atomic E-state index is 11.6. The van der Waals surface area contributed by atoms with E-state index in [9.17, 15) is 4.79 Å². The third kappa shape index (κ3) is 2.45. The van der Waals surface area contributed by atoms with E-state index in [1.165, 1.54) is 15.1 Å². The molecular weight excluding hydrogens is 332 g/mol. The van der Waals surface area contributed by atoms with Crippen molar-refractivity contribution in [1.82, 2.24) is 4.98 Å². The average Bonchev–Trinajstić information content (AvgIpc) is 3.06. The molecule has 0 atom stereocenters. The number of rotatable bonds is 2. The Labute approximate surface area is 140 Å². The Morgan fingerprint density at radius 3 is 2.95 bits per heavy atom. The summed E-state index contributed by atoms with van der Waals surface area (Å²) in [7, 11) is 0. The minimum atomic E-state index is -0.0198. The summed E-state index contributed by atoms with van der Waals surface area (Å²) in [6.07, 6.45) is 1.06. The number of benzene rings is 1. The number of carbonyl (C=O) groups excluding carboxylic acids is 1. The molecule has 0 saturated carbocycles. The van der Waals surface area contributed by atoms with E-state index in [0.29, 0.717) is 0 Å². The van der Waals surface area contributed by atoms with Crippen LogP contribution in [0.15, 0.2) is 24.3 Å². The Morgan fingerprint density at radius 2 is 2.14 bits per heavy atom. The number of hydrogen-bond acceptors (Lipinski definition) is 5. The molecule has 3 heterocycles. The number of carbonyl (C=O) groups is 1. The van der Waals surface area contributed by atoms with Crippen LogP contribution in [0.4, 0.5) is 5.00 Å². The maximum Gasteiger partial charge on any atom is 0.221 e. The van der Waals surface area contributed by atoms with E-state index in [4.69, 9.17) is 4.98 Å². The number of nitrogens with zero attached hydrogens (tertiary/aromatic N) is 1. The Morgan fingerprint density at radius 1 is 1.27 bits per heavy atom. The summed E-state index contributed by atoms with van der Waals surface area (Å²) in [5, 5.41) is 4.99. The van der Waals surface area contributed by atoms with Crippen molar-refractivity contribution in [2.45, 2.75) is 19.1 Å². The van der Waals surface area contributed by atoms with Gasteiger partial charge in [0.1, 0.15) is 10.0 Å². The average molecular weight is 347 g/mol. The number of anilines is 1. The lowest BCUT2D eigenvalue weighted by atomic mass is 10.1. The van der Waals surface area contributed by atoms with Gasteiger partial charge in [-0.1, -0.05) is 12.1 Å². The first kappa shape index (κ1) is 14.2.